The van der Waals surface area contributed by atoms with Crippen molar-refractivity contribution in [3.8, 4) is 0 Å². The van der Waals surface area contributed by atoms with E-state index in [1.165, 1.54) is 5.19 Å². The Morgan fingerprint density at radius 2 is 1.53 bits per heavy atom. The molecule has 0 unspecified atom stereocenters. The molecule has 84 valence electrons. The van der Waals surface area contributed by atoms with Crippen LogP contribution >= 0.6 is 0 Å². The Balaban J connectivity index is 2.47. The van der Waals surface area contributed by atoms with Crippen LogP contribution in [-0.2, 0) is 0 Å². The van der Waals surface area contributed by atoms with Crippen LogP contribution in [0.1, 0.15) is 0 Å². The lowest BCUT2D eigenvalue weighted by atomic mass is 10.4. The van der Waals surface area contributed by atoms with Crippen LogP contribution in [0.2, 0.25) is 0 Å². The van der Waals surface area contributed by atoms with E-state index in [-0.39, 0.29) is 9.68 Å². The van der Waals surface area contributed by atoms with Gasteiger partial charge >= 0.3 is 0 Å². The second-order valence-corrected chi connectivity index (χ2v) is 5.75. The van der Waals surface area contributed by atoms with Crippen molar-refractivity contribution in [2.24, 2.45) is 0 Å². The number of nitrogens with one attached hydrogen (secondary N) is 1. The van der Waals surface area contributed by atoms with Crippen molar-refractivity contribution >= 4 is 14.9 Å². The number of benzene rings is 1. The Hall–Kier alpha value is -0.683. The summed E-state index contributed by atoms with van der Waals surface area (Å²) in [4.78, 5) is 8.01. The molecule has 0 aliphatic carbocycles. The molecule has 0 radical (unpaired) electrons. The topological polar surface area (TPSA) is 18.5 Å². The third kappa shape index (κ3) is 4.13. The smallest absolute Gasteiger partial charge is 0.127 e. The zero-order chi connectivity index (χ0) is 11.3. The summed E-state index contributed by atoms with van der Waals surface area (Å²) < 4.78 is 0. The largest absolute Gasteiger partial charge is 0.312 e. The molecule has 1 rings (SSSR count). The predicted octanol–water partition coefficient (Wildman–Crippen LogP) is -0.608. The molecule has 0 bridgehead atoms. The Labute approximate surface area is 95.0 Å². The molecule has 1 aromatic carbocycles. The maximum Gasteiger partial charge on any atom is 0.127 e. The van der Waals surface area contributed by atoms with Crippen LogP contribution in [0.15, 0.2) is 30.3 Å². The van der Waals surface area contributed by atoms with Crippen LogP contribution in [0.3, 0.4) is 0 Å². The van der Waals surface area contributed by atoms with Gasteiger partial charge < -0.3 is 4.98 Å². The summed E-state index contributed by atoms with van der Waals surface area (Å²) in [6, 6.07) is 10.7. The normalized spacial score (nSPS) is 12.5. The van der Waals surface area contributed by atoms with Gasteiger partial charge in [-0.05, 0) is 28.2 Å². The van der Waals surface area contributed by atoms with E-state index >= 15 is 0 Å². The summed E-state index contributed by atoms with van der Waals surface area (Å²) >= 11 is 0. The first-order chi connectivity index (χ1) is 7.11. The molecule has 0 aromatic heterocycles. The molecule has 4 heteroatoms. The standard InChI is InChI=1S/C11H21N3Si/c1-13(2)11(14(3)4)12-15-10-8-6-5-7-9-10/h5-9,11-12H,15H2,1-4H3. The van der Waals surface area contributed by atoms with Crippen LogP contribution < -0.4 is 10.2 Å². The van der Waals surface area contributed by atoms with Gasteiger partial charge in [0.1, 0.15) is 16.0 Å². The van der Waals surface area contributed by atoms with Gasteiger partial charge in [0.15, 0.2) is 0 Å². The summed E-state index contributed by atoms with van der Waals surface area (Å²) in [7, 11) is 8.00. The van der Waals surface area contributed by atoms with Gasteiger partial charge in [-0.25, -0.2) is 0 Å². The SMILES string of the molecule is CN(C)C(N[SiH2]c1ccccc1)N(C)C. The number of hydrogen-bond donors (Lipinski definition) is 1. The Morgan fingerprint density at radius 3 is 2.00 bits per heavy atom. The van der Waals surface area contributed by atoms with E-state index in [1.54, 1.807) is 0 Å². The molecule has 15 heavy (non-hydrogen) atoms. The molecule has 0 heterocycles. The van der Waals surface area contributed by atoms with Gasteiger partial charge in [-0.3, -0.25) is 9.80 Å². The maximum atomic E-state index is 3.63. The molecule has 0 spiro atoms. The Kier molecular flexibility index (Phi) is 4.97. The van der Waals surface area contributed by atoms with Gasteiger partial charge in [-0.1, -0.05) is 35.5 Å². The second kappa shape index (κ2) is 6.02. The maximum absolute atomic E-state index is 3.63. The predicted molar refractivity (Wildman–Crippen MR) is 68.9 cm³/mol. The van der Waals surface area contributed by atoms with Gasteiger partial charge in [0, 0.05) is 0 Å². The quantitative estimate of drug-likeness (QED) is 0.531. The average Bonchev–Trinajstić information content (AvgIpc) is 2.18. The third-order valence-corrected chi connectivity index (χ3v) is 3.76. The van der Waals surface area contributed by atoms with Crippen LogP contribution in [0.25, 0.3) is 0 Å². The van der Waals surface area contributed by atoms with E-state index < -0.39 is 0 Å². The van der Waals surface area contributed by atoms with Gasteiger partial charge in [-0.2, -0.15) is 0 Å². The van der Waals surface area contributed by atoms with Crippen molar-refractivity contribution in [3.05, 3.63) is 30.3 Å². The molecule has 1 aromatic rings. The fourth-order valence-electron chi connectivity index (χ4n) is 1.63. The zero-order valence-electron chi connectivity index (χ0n) is 10.1. The molecule has 0 atom stereocenters. The monoisotopic (exact) mass is 223 g/mol. The van der Waals surface area contributed by atoms with Gasteiger partial charge in [-0.15, -0.1) is 0 Å². The Bertz CT molecular complexity index is 266. The summed E-state index contributed by atoms with van der Waals surface area (Å²) in [5.74, 6) is 0. The first kappa shape index (κ1) is 12.4. The van der Waals surface area contributed by atoms with Crippen LogP contribution in [0, 0.1) is 0 Å². The van der Waals surface area contributed by atoms with Gasteiger partial charge in [0.25, 0.3) is 0 Å². The van der Waals surface area contributed by atoms with Crippen molar-refractivity contribution < 1.29 is 0 Å². The minimum absolute atomic E-state index is 0.330. The second-order valence-electron chi connectivity index (χ2n) is 4.17. The molecular weight excluding hydrogens is 202 g/mol. The minimum Gasteiger partial charge on any atom is -0.312 e. The molecule has 0 saturated carbocycles. The molecule has 0 aliphatic rings. The van der Waals surface area contributed by atoms with E-state index in [2.05, 4.69) is 73.3 Å². The van der Waals surface area contributed by atoms with E-state index in [4.69, 9.17) is 0 Å². The van der Waals surface area contributed by atoms with Crippen molar-refractivity contribution in [1.82, 2.24) is 14.8 Å². The minimum atomic E-state index is -0.378. The van der Waals surface area contributed by atoms with Crippen LogP contribution in [-0.4, -0.2) is 54.0 Å². The lowest BCUT2D eigenvalue weighted by molar-refractivity contribution is 0.119. The van der Waals surface area contributed by atoms with Crippen molar-refractivity contribution in [1.29, 1.82) is 0 Å². The van der Waals surface area contributed by atoms with Crippen molar-refractivity contribution in [2.75, 3.05) is 28.2 Å². The van der Waals surface area contributed by atoms with E-state index in [0.29, 0.717) is 6.29 Å². The number of nitrogens with zero attached hydrogens (tertiary/aromatic N) is 2. The van der Waals surface area contributed by atoms with E-state index in [9.17, 15) is 0 Å². The molecule has 0 aliphatic heterocycles. The molecule has 0 saturated heterocycles. The fourth-order valence-corrected chi connectivity index (χ4v) is 3.29. The Morgan fingerprint density at radius 1 is 1.00 bits per heavy atom. The van der Waals surface area contributed by atoms with Crippen LogP contribution in [0.5, 0.6) is 0 Å². The number of rotatable bonds is 5. The lowest BCUT2D eigenvalue weighted by Gasteiger charge is -2.31. The van der Waals surface area contributed by atoms with E-state index in [0.717, 1.165) is 0 Å². The van der Waals surface area contributed by atoms with Gasteiger partial charge in [0.05, 0.1) is 0 Å². The number of hydrogen-bond acceptors (Lipinski definition) is 3. The molecule has 3 nitrogen and oxygen atoms in total. The fraction of sp³-hybridized carbons (Fsp3) is 0.455. The molecular formula is C11H21N3Si. The highest BCUT2D eigenvalue weighted by atomic mass is 28.2. The highest BCUT2D eigenvalue weighted by molar-refractivity contribution is 6.50. The van der Waals surface area contributed by atoms with Crippen LogP contribution in [0.4, 0.5) is 0 Å². The molecule has 0 amide bonds. The first-order valence-corrected chi connectivity index (χ1v) is 6.63. The summed E-state index contributed by atoms with van der Waals surface area (Å²) in [6.07, 6.45) is 0.330. The van der Waals surface area contributed by atoms with Crippen molar-refractivity contribution in [3.63, 3.8) is 0 Å². The zero-order valence-corrected chi connectivity index (χ0v) is 11.5. The van der Waals surface area contributed by atoms with Gasteiger partial charge in [0.2, 0.25) is 0 Å². The van der Waals surface area contributed by atoms with E-state index in [1.807, 2.05) is 0 Å². The third-order valence-electron chi connectivity index (χ3n) is 2.31. The summed E-state index contributed by atoms with van der Waals surface area (Å²) in [5.41, 5.74) is 0. The molecule has 0 fully saturated rings. The highest BCUT2D eigenvalue weighted by Gasteiger charge is 2.11. The summed E-state index contributed by atoms with van der Waals surface area (Å²) in [5, 5.41) is 1.45. The summed E-state index contributed by atoms with van der Waals surface area (Å²) in [6.45, 7) is 0. The first-order valence-electron chi connectivity index (χ1n) is 5.21. The lowest BCUT2D eigenvalue weighted by Crippen LogP contribution is -2.54. The highest BCUT2D eigenvalue weighted by Crippen LogP contribution is 1.91. The average molecular weight is 223 g/mol. The molecule has 1 N–H and O–H groups in total. The van der Waals surface area contributed by atoms with Crippen molar-refractivity contribution in [2.45, 2.75) is 6.29 Å².